The predicted octanol–water partition coefficient (Wildman–Crippen LogP) is 4.84. The normalized spacial score (nSPS) is 11.5. The highest BCUT2D eigenvalue weighted by molar-refractivity contribution is 5.95. The average molecular weight is 356 g/mol. The smallest absolute Gasteiger partial charge is 0.375 e. The Balaban J connectivity index is 1.62. The third-order valence-corrected chi connectivity index (χ3v) is 4.23. The number of imidazole rings is 1. The maximum atomic E-state index is 13.4. The second-order valence-electron chi connectivity index (χ2n) is 5.79. The number of nitrogens with zero attached hydrogens (tertiary/aromatic N) is 2. The van der Waals surface area contributed by atoms with Crippen LogP contribution in [0.25, 0.3) is 22.0 Å². The average Bonchev–Trinajstić information content (AvgIpc) is 3.18. The summed E-state index contributed by atoms with van der Waals surface area (Å²) in [4.78, 5) is 16.5. The largest absolute Gasteiger partial charge is 0.452 e. The molecule has 0 fully saturated rings. The molecule has 0 unspecified atom stereocenters. The van der Waals surface area contributed by atoms with E-state index in [0.29, 0.717) is 16.7 Å². The molecule has 0 radical (unpaired) electrons. The molecule has 0 bridgehead atoms. The number of esters is 1. The first kappa shape index (κ1) is 16.3. The lowest BCUT2D eigenvalue weighted by Gasteiger charge is -2.08. The van der Waals surface area contributed by atoms with Gasteiger partial charge in [-0.15, -0.1) is 0 Å². The van der Waals surface area contributed by atoms with Crippen molar-refractivity contribution in [2.75, 3.05) is 0 Å². The fourth-order valence-electron chi connectivity index (χ4n) is 2.98. The van der Waals surface area contributed by atoms with Gasteiger partial charge in [-0.05, 0) is 25.1 Å². The third-order valence-electron chi connectivity index (χ3n) is 4.23. The minimum Gasteiger partial charge on any atom is -0.452 e. The van der Waals surface area contributed by atoms with Crippen LogP contribution in [0.5, 0.6) is 0 Å². The summed E-state index contributed by atoms with van der Waals surface area (Å²) in [5.41, 5.74) is 1.91. The number of hydrogen-bond donors (Lipinski definition) is 0. The summed E-state index contributed by atoms with van der Waals surface area (Å²) in [6, 6.07) is 13.7. The van der Waals surface area contributed by atoms with Crippen molar-refractivity contribution in [2.45, 2.75) is 20.1 Å². The lowest BCUT2D eigenvalue weighted by atomic mass is 10.1. The number of halogens is 2. The minimum atomic E-state index is -2.79. The molecule has 4 rings (SSSR count). The van der Waals surface area contributed by atoms with Gasteiger partial charge in [0, 0.05) is 10.9 Å². The predicted molar refractivity (Wildman–Crippen MR) is 91.1 cm³/mol. The van der Waals surface area contributed by atoms with E-state index in [1.54, 1.807) is 43.3 Å². The first-order valence-corrected chi connectivity index (χ1v) is 7.95. The van der Waals surface area contributed by atoms with Crippen LogP contribution in [0.4, 0.5) is 8.78 Å². The molecule has 0 aliphatic heterocycles. The van der Waals surface area contributed by atoms with Crippen LogP contribution in [-0.2, 0) is 11.3 Å². The van der Waals surface area contributed by atoms with Gasteiger partial charge in [-0.2, -0.15) is 8.78 Å². The van der Waals surface area contributed by atoms with Crippen LogP contribution >= 0.6 is 0 Å². The number of ether oxygens (including phenoxy) is 1. The van der Waals surface area contributed by atoms with Gasteiger partial charge in [0.25, 0.3) is 0 Å². The molecule has 0 saturated heterocycles. The Hall–Kier alpha value is -3.22. The van der Waals surface area contributed by atoms with Gasteiger partial charge in [0.15, 0.2) is 5.82 Å². The van der Waals surface area contributed by atoms with Gasteiger partial charge in [-0.25, -0.2) is 9.78 Å². The van der Waals surface area contributed by atoms with Crippen LogP contribution in [0.2, 0.25) is 0 Å². The molecule has 2 heterocycles. The zero-order valence-corrected chi connectivity index (χ0v) is 13.8. The van der Waals surface area contributed by atoms with E-state index in [1.807, 2.05) is 12.1 Å². The van der Waals surface area contributed by atoms with Crippen LogP contribution < -0.4 is 0 Å². The summed E-state index contributed by atoms with van der Waals surface area (Å²) in [5.74, 6) is -0.680. The first-order chi connectivity index (χ1) is 12.6. The van der Waals surface area contributed by atoms with Crippen molar-refractivity contribution < 1.29 is 22.7 Å². The Bertz CT molecular complexity index is 1110. The van der Waals surface area contributed by atoms with Crippen molar-refractivity contribution in [1.82, 2.24) is 9.55 Å². The van der Waals surface area contributed by atoms with Gasteiger partial charge < -0.3 is 9.15 Å². The number of benzene rings is 2. The number of hydrogen-bond acceptors (Lipinski definition) is 4. The second kappa shape index (κ2) is 6.25. The number of alkyl halides is 2. The summed E-state index contributed by atoms with van der Waals surface area (Å²) in [7, 11) is 0. The maximum absolute atomic E-state index is 13.4. The van der Waals surface area contributed by atoms with E-state index in [1.165, 1.54) is 0 Å². The van der Waals surface area contributed by atoms with Crippen LogP contribution in [0.3, 0.4) is 0 Å². The molecule has 0 N–H and O–H groups in total. The highest BCUT2D eigenvalue weighted by Gasteiger charge is 2.22. The number of fused-ring (bicyclic) bond motifs is 2. The highest BCUT2D eigenvalue weighted by atomic mass is 19.3. The Morgan fingerprint density at radius 3 is 2.69 bits per heavy atom. The summed E-state index contributed by atoms with van der Waals surface area (Å²) >= 11 is 0. The second-order valence-corrected chi connectivity index (χ2v) is 5.79. The Morgan fingerprint density at radius 1 is 1.19 bits per heavy atom. The molecular formula is C19H14F2N2O3. The van der Waals surface area contributed by atoms with E-state index < -0.39 is 12.5 Å². The van der Waals surface area contributed by atoms with E-state index in [-0.39, 0.29) is 23.7 Å². The van der Waals surface area contributed by atoms with E-state index in [2.05, 4.69) is 4.98 Å². The summed E-state index contributed by atoms with van der Waals surface area (Å²) in [6.07, 6.45) is 0. The van der Waals surface area contributed by atoms with Gasteiger partial charge in [-0.3, -0.25) is 4.57 Å². The van der Waals surface area contributed by atoms with E-state index in [0.717, 1.165) is 9.95 Å². The Labute approximate surface area is 146 Å². The Morgan fingerprint density at radius 2 is 1.92 bits per heavy atom. The van der Waals surface area contributed by atoms with E-state index in [4.69, 9.17) is 9.15 Å². The van der Waals surface area contributed by atoms with Crippen molar-refractivity contribution in [1.29, 1.82) is 0 Å². The number of para-hydroxylation sites is 3. The molecule has 5 nitrogen and oxygen atoms in total. The van der Waals surface area contributed by atoms with Crippen LogP contribution in [-0.4, -0.2) is 15.5 Å². The molecule has 7 heteroatoms. The highest BCUT2D eigenvalue weighted by Crippen LogP contribution is 2.27. The topological polar surface area (TPSA) is 57.3 Å². The standard InChI is InChI=1S/C19H14F2N2O3/c1-11-12-6-2-5-9-15(12)26-17(11)18(24)25-10-16-22-13-7-3-4-8-14(13)23(16)19(20)21/h2-9,19H,10H2,1H3. The molecule has 0 saturated carbocycles. The third kappa shape index (κ3) is 2.61. The zero-order valence-electron chi connectivity index (χ0n) is 13.8. The molecule has 0 atom stereocenters. The molecule has 4 aromatic rings. The number of furan rings is 1. The minimum absolute atomic E-state index is 0.0247. The van der Waals surface area contributed by atoms with E-state index >= 15 is 0 Å². The molecule has 2 aromatic heterocycles. The molecule has 0 aliphatic carbocycles. The molecule has 132 valence electrons. The van der Waals surface area contributed by atoms with Crippen LogP contribution in [0, 0.1) is 6.92 Å². The molecular weight excluding hydrogens is 342 g/mol. The van der Waals surface area contributed by atoms with E-state index in [9.17, 15) is 13.6 Å². The van der Waals surface area contributed by atoms with Gasteiger partial charge in [0.1, 0.15) is 12.2 Å². The summed E-state index contributed by atoms with van der Waals surface area (Å²) < 4.78 is 38.3. The van der Waals surface area contributed by atoms with Gasteiger partial charge >= 0.3 is 12.5 Å². The van der Waals surface area contributed by atoms with Crippen molar-refractivity contribution in [3.63, 3.8) is 0 Å². The number of aromatic nitrogens is 2. The lowest BCUT2D eigenvalue weighted by Crippen LogP contribution is -2.10. The SMILES string of the molecule is Cc1c(C(=O)OCc2nc3ccccc3n2C(F)F)oc2ccccc12. The Kier molecular flexibility index (Phi) is 3.91. The summed E-state index contributed by atoms with van der Waals surface area (Å²) in [6.45, 7) is -1.42. The first-order valence-electron chi connectivity index (χ1n) is 7.95. The lowest BCUT2D eigenvalue weighted by molar-refractivity contribution is 0.0359. The van der Waals surface area contributed by atoms with Gasteiger partial charge in [0.05, 0.1) is 11.0 Å². The number of carbonyl (C=O) groups is 1. The number of rotatable bonds is 4. The molecule has 2 aromatic carbocycles. The van der Waals surface area contributed by atoms with Gasteiger partial charge in [-0.1, -0.05) is 30.3 Å². The summed E-state index contributed by atoms with van der Waals surface area (Å²) in [5, 5.41) is 0.805. The quantitative estimate of drug-likeness (QED) is 0.491. The van der Waals surface area contributed by atoms with Crippen LogP contribution in [0.15, 0.2) is 52.9 Å². The zero-order chi connectivity index (χ0) is 18.3. The molecule has 0 aliphatic rings. The molecule has 26 heavy (non-hydrogen) atoms. The van der Waals surface area contributed by atoms with Crippen molar-refractivity contribution >= 4 is 28.0 Å². The van der Waals surface area contributed by atoms with Crippen molar-refractivity contribution in [2.24, 2.45) is 0 Å². The molecule has 0 spiro atoms. The van der Waals surface area contributed by atoms with Crippen molar-refractivity contribution in [3.05, 3.63) is 65.7 Å². The van der Waals surface area contributed by atoms with Gasteiger partial charge in [0.2, 0.25) is 5.76 Å². The fourth-order valence-corrected chi connectivity index (χ4v) is 2.98. The number of aryl methyl sites for hydroxylation is 1. The van der Waals surface area contributed by atoms with Crippen LogP contribution in [0.1, 0.15) is 28.5 Å². The maximum Gasteiger partial charge on any atom is 0.375 e. The molecule has 0 amide bonds. The number of carbonyl (C=O) groups excluding carboxylic acids is 1. The fraction of sp³-hybridized carbons (Fsp3) is 0.158. The van der Waals surface area contributed by atoms with Crippen molar-refractivity contribution in [3.8, 4) is 0 Å². The monoisotopic (exact) mass is 356 g/mol.